The SMILES string of the molecule is CC(C)(C)Nc1nc(Cl)nc(NN)n1. The van der Waals surface area contributed by atoms with E-state index >= 15 is 0 Å². The fraction of sp³-hybridized carbons (Fsp3) is 0.571. The minimum atomic E-state index is -0.142. The van der Waals surface area contributed by atoms with Gasteiger partial charge in [-0.15, -0.1) is 0 Å². The van der Waals surface area contributed by atoms with E-state index in [0.717, 1.165) is 0 Å². The van der Waals surface area contributed by atoms with Gasteiger partial charge >= 0.3 is 0 Å². The molecule has 14 heavy (non-hydrogen) atoms. The molecule has 0 aromatic carbocycles. The molecule has 0 bridgehead atoms. The number of nitrogens with one attached hydrogen (secondary N) is 2. The molecule has 0 atom stereocenters. The first-order valence-corrected chi connectivity index (χ1v) is 4.45. The summed E-state index contributed by atoms with van der Waals surface area (Å²) in [5, 5.41) is 3.15. The monoisotopic (exact) mass is 216 g/mol. The maximum Gasteiger partial charge on any atom is 0.243 e. The van der Waals surface area contributed by atoms with Crippen LogP contribution in [0.5, 0.6) is 0 Å². The first-order chi connectivity index (χ1) is 6.40. The van der Waals surface area contributed by atoms with Crippen LogP contribution in [0.2, 0.25) is 5.28 Å². The van der Waals surface area contributed by atoms with Crippen LogP contribution in [0.1, 0.15) is 20.8 Å². The van der Waals surface area contributed by atoms with Crippen molar-refractivity contribution < 1.29 is 0 Å². The maximum atomic E-state index is 5.66. The summed E-state index contributed by atoms with van der Waals surface area (Å²) in [7, 11) is 0. The number of nitrogen functional groups attached to an aromatic ring is 1. The second-order valence-electron chi connectivity index (χ2n) is 3.77. The Hall–Kier alpha value is -1.14. The third-order valence-corrected chi connectivity index (χ3v) is 1.39. The molecule has 0 aliphatic rings. The van der Waals surface area contributed by atoms with E-state index in [2.05, 4.69) is 25.7 Å². The molecule has 1 aromatic heterocycles. The lowest BCUT2D eigenvalue weighted by atomic mass is 10.1. The second kappa shape index (κ2) is 3.93. The summed E-state index contributed by atoms with van der Waals surface area (Å²) in [5.41, 5.74) is 2.16. The number of aromatic nitrogens is 3. The minimum absolute atomic E-state index is 0.0969. The topological polar surface area (TPSA) is 88.8 Å². The molecule has 1 heterocycles. The van der Waals surface area contributed by atoms with Crippen LogP contribution in [0.25, 0.3) is 0 Å². The summed E-state index contributed by atoms with van der Waals surface area (Å²) >= 11 is 5.66. The molecule has 78 valence electrons. The molecule has 0 saturated heterocycles. The Bertz CT molecular complexity index is 320. The Morgan fingerprint density at radius 1 is 1.14 bits per heavy atom. The van der Waals surface area contributed by atoms with Gasteiger partial charge < -0.3 is 5.32 Å². The summed E-state index contributed by atoms with van der Waals surface area (Å²) < 4.78 is 0. The molecule has 6 nitrogen and oxygen atoms in total. The summed E-state index contributed by atoms with van der Waals surface area (Å²) in [4.78, 5) is 11.6. The molecule has 0 radical (unpaired) electrons. The number of halogens is 1. The minimum Gasteiger partial charge on any atom is -0.349 e. The number of hydrazine groups is 1. The highest BCUT2D eigenvalue weighted by Crippen LogP contribution is 2.13. The van der Waals surface area contributed by atoms with E-state index < -0.39 is 0 Å². The van der Waals surface area contributed by atoms with Crippen molar-refractivity contribution in [2.24, 2.45) is 5.84 Å². The van der Waals surface area contributed by atoms with E-state index in [9.17, 15) is 0 Å². The molecule has 4 N–H and O–H groups in total. The van der Waals surface area contributed by atoms with Gasteiger partial charge in [0.05, 0.1) is 0 Å². The fourth-order valence-electron chi connectivity index (χ4n) is 0.806. The maximum absolute atomic E-state index is 5.66. The van der Waals surface area contributed by atoms with E-state index in [4.69, 9.17) is 17.4 Å². The van der Waals surface area contributed by atoms with Gasteiger partial charge in [0.15, 0.2) is 0 Å². The Kier molecular flexibility index (Phi) is 3.07. The van der Waals surface area contributed by atoms with Gasteiger partial charge in [-0.3, -0.25) is 5.43 Å². The number of rotatable bonds is 2. The van der Waals surface area contributed by atoms with Crippen molar-refractivity contribution in [3.8, 4) is 0 Å². The highest BCUT2D eigenvalue weighted by Gasteiger charge is 2.12. The number of nitrogens with zero attached hydrogens (tertiary/aromatic N) is 3. The molecule has 1 aromatic rings. The first kappa shape index (κ1) is 10.9. The number of hydrogen-bond acceptors (Lipinski definition) is 6. The van der Waals surface area contributed by atoms with Crippen LogP contribution >= 0.6 is 11.6 Å². The molecule has 0 unspecified atom stereocenters. The zero-order valence-corrected chi connectivity index (χ0v) is 9.05. The van der Waals surface area contributed by atoms with E-state index in [1.54, 1.807) is 0 Å². The average Bonchev–Trinajstić information content (AvgIpc) is 1.99. The third-order valence-electron chi connectivity index (χ3n) is 1.22. The van der Waals surface area contributed by atoms with Crippen LogP contribution in [0, 0.1) is 0 Å². The van der Waals surface area contributed by atoms with Gasteiger partial charge in [-0.1, -0.05) is 0 Å². The van der Waals surface area contributed by atoms with E-state index in [-0.39, 0.29) is 16.8 Å². The number of hydrogen-bond donors (Lipinski definition) is 3. The standard InChI is InChI=1S/C7H13ClN6/c1-7(2,3)13-5-10-4(8)11-6(12-5)14-9/h9H2,1-3H3,(H2,10,11,12,13,14). The van der Waals surface area contributed by atoms with Crippen LogP contribution < -0.4 is 16.6 Å². The Labute approximate surface area is 87.3 Å². The van der Waals surface area contributed by atoms with Crippen LogP contribution in [-0.2, 0) is 0 Å². The van der Waals surface area contributed by atoms with Crippen molar-refractivity contribution >= 4 is 23.5 Å². The normalized spacial score (nSPS) is 11.2. The summed E-state index contributed by atoms with van der Waals surface area (Å²) in [5.74, 6) is 5.79. The Balaban J connectivity index is 2.92. The van der Waals surface area contributed by atoms with Crippen molar-refractivity contribution in [2.45, 2.75) is 26.3 Å². The predicted molar refractivity (Wildman–Crippen MR) is 56.0 cm³/mol. The molecule has 7 heteroatoms. The summed E-state index contributed by atoms with van der Waals surface area (Å²) in [6, 6.07) is 0. The molecule has 0 aliphatic carbocycles. The Morgan fingerprint density at radius 3 is 2.21 bits per heavy atom. The highest BCUT2D eigenvalue weighted by atomic mass is 35.5. The Morgan fingerprint density at radius 2 is 1.71 bits per heavy atom. The largest absolute Gasteiger partial charge is 0.349 e. The van der Waals surface area contributed by atoms with Gasteiger partial charge in [0.2, 0.25) is 17.2 Å². The molecule has 0 fully saturated rings. The highest BCUT2D eigenvalue weighted by molar-refractivity contribution is 6.28. The molecular weight excluding hydrogens is 204 g/mol. The van der Waals surface area contributed by atoms with Crippen molar-refractivity contribution in [3.63, 3.8) is 0 Å². The van der Waals surface area contributed by atoms with Crippen LogP contribution in [0.15, 0.2) is 0 Å². The van der Waals surface area contributed by atoms with Gasteiger partial charge in [-0.05, 0) is 32.4 Å². The quantitative estimate of drug-likeness (QED) is 0.505. The van der Waals surface area contributed by atoms with E-state index in [0.29, 0.717) is 5.95 Å². The van der Waals surface area contributed by atoms with E-state index in [1.807, 2.05) is 20.8 Å². The van der Waals surface area contributed by atoms with E-state index in [1.165, 1.54) is 0 Å². The van der Waals surface area contributed by atoms with Crippen molar-refractivity contribution in [3.05, 3.63) is 5.28 Å². The summed E-state index contributed by atoms with van der Waals surface area (Å²) in [6.45, 7) is 5.96. The van der Waals surface area contributed by atoms with Gasteiger partial charge in [0, 0.05) is 5.54 Å². The lowest BCUT2D eigenvalue weighted by Gasteiger charge is -2.20. The van der Waals surface area contributed by atoms with Gasteiger partial charge in [-0.25, -0.2) is 5.84 Å². The number of nitrogens with two attached hydrogens (primary N) is 1. The van der Waals surface area contributed by atoms with Crippen molar-refractivity contribution in [2.75, 3.05) is 10.7 Å². The first-order valence-electron chi connectivity index (χ1n) is 4.07. The van der Waals surface area contributed by atoms with Crippen LogP contribution in [-0.4, -0.2) is 20.5 Å². The second-order valence-corrected chi connectivity index (χ2v) is 4.11. The fourth-order valence-corrected chi connectivity index (χ4v) is 0.966. The molecule has 0 amide bonds. The van der Waals surface area contributed by atoms with Gasteiger partial charge in [0.25, 0.3) is 0 Å². The molecule has 0 aliphatic heterocycles. The smallest absolute Gasteiger partial charge is 0.243 e. The van der Waals surface area contributed by atoms with Gasteiger partial charge in [-0.2, -0.15) is 15.0 Å². The molecule has 0 spiro atoms. The lowest BCUT2D eigenvalue weighted by molar-refractivity contribution is 0.625. The third kappa shape index (κ3) is 3.31. The van der Waals surface area contributed by atoms with Crippen molar-refractivity contribution in [1.82, 2.24) is 15.0 Å². The van der Waals surface area contributed by atoms with Gasteiger partial charge in [0.1, 0.15) is 0 Å². The summed E-state index contributed by atoms with van der Waals surface area (Å²) in [6.07, 6.45) is 0. The molecule has 0 saturated carbocycles. The lowest BCUT2D eigenvalue weighted by Crippen LogP contribution is -2.28. The van der Waals surface area contributed by atoms with Crippen LogP contribution in [0.4, 0.5) is 11.9 Å². The molecule has 1 rings (SSSR count). The van der Waals surface area contributed by atoms with Crippen molar-refractivity contribution in [1.29, 1.82) is 0 Å². The molecular formula is C7H13ClN6. The predicted octanol–water partition coefficient (Wildman–Crippen LogP) is 1.02. The zero-order chi connectivity index (χ0) is 10.8. The van der Waals surface area contributed by atoms with Crippen LogP contribution in [0.3, 0.4) is 0 Å². The zero-order valence-electron chi connectivity index (χ0n) is 8.30. The number of anilines is 2. The average molecular weight is 217 g/mol.